The average Bonchev–Trinajstić information content (AvgIpc) is 2.52. The average molecular weight is 364 g/mol. The fourth-order valence-electron chi connectivity index (χ4n) is 2.71. The summed E-state index contributed by atoms with van der Waals surface area (Å²) >= 11 is 0. The standard InChI is InChI=1S/C18H21O4P.2CH4/c1-13-11-14(2)17(15(3)12-13)18(20)23(21,22-10-9-19)16-7-5-4-6-8-16;;/h4-8,11-12,19H,9-10H2,1-3H3;2*1H4. The third-order valence-electron chi connectivity index (χ3n) is 3.62. The molecule has 2 aromatic carbocycles. The van der Waals surface area contributed by atoms with Crippen LogP contribution in [0.4, 0.5) is 0 Å². The molecule has 2 aromatic rings. The summed E-state index contributed by atoms with van der Waals surface area (Å²) in [4.78, 5) is 13.1. The van der Waals surface area contributed by atoms with Gasteiger partial charge in [0.15, 0.2) is 0 Å². The SMILES string of the molecule is C.C.Cc1cc(C)c(C(=O)P(=O)(OCCO)c2ccccc2)c(C)c1. The van der Waals surface area contributed by atoms with E-state index >= 15 is 0 Å². The lowest BCUT2D eigenvalue weighted by Gasteiger charge is -2.19. The fourth-order valence-corrected chi connectivity index (χ4v) is 4.76. The minimum absolute atomic E-state index is 0. The zero-order valence-electron chi connectivity index (χ0n) is 13.6. The molecule has 0 saturated heterocycles. The van der Waals surface area contributed by atoms with Gasteiger partial charge in [-0.05, 0) is 44.0 Å². The summed E-state index contributed by atoms with van der Waals surface area (Å²) in [5, 5.41) is 9.36. The molecule has 2 rings (SSSR count). The molecule has 0 aliphatic carbocycles. The van der Waals surface area contributed by atoms with Crippen molar-refractivity contribution in [2.75, 3.05) is 13.2 Å². The molecule has 0 amide bonds. The maximum atomic E-state index is 13.4. The second-order valence-corrected chi connectivity index (χ2v) is 7.81. The summed E-state index contributed by atoms with van der Waals surface area (Å²) in [6, 6.07) is 12.2. The molecule has 25 heavy (non-hydrogen) atoms. The first-order chi connectivity index (χ1) is 10.9. The molecule has 0 aliphatic rings. The highest BCUT2D eigenvalue weighted by Crippen LogP contribution is 2.49. The molecule has 0 aromatic heterocycles. The first kappa shape index (κ1) is 23.3. The van der Waals surface area contributed by atoms with E-state index in [0.717, 1.165) is 16.7 Å². The Hall–Kier alpha value is -1.74. The van der Waals surface area contributed by atoms with Crippen LogP contribution in [0.5, 0.6) is 0 Å². The molecule has 0 radical (unpaired) electrons. The van der Waals surface area contributed by atoms with Gasteiger partial charge >= 0.3 is 7.37 Å². The molecule has 1 N–H and O–H groups in total. The summed E-state index contributed by atoms with van der Waals surface area (Å²) in [6.45, 7) is 5.16. The molecule has 0 heterocycles. The number of aryl methyl sites for hydroxylation is 3. The van der Waals surface area contributed by atoms with Crippen LogP contribution in [0.15, 0.2) is 42.5 Å². The van der Waals surface area contributed by atoms with Gasteiger partial charge in [0.1, 0.15) is 0 Å². The molecular weight excluding hydrogens is 335 g/mol. The predicted octanol–water partition coefficient (Wildman–Crippen LogP) is 4.64. The molecule has 4 nitrogen and oxygen atoms in total. The van der Waals surface area contributed by atoms with E-state index in [1.165, 1.54) is 0 Å². The number of hydrogen-bond donors (Lipinski definition) is 1. The van der Waals surface area contributed by atoms with E-state index in [0.29, 0.717) is 10.9 Å². The summed E-state index contributed by atoms with van der Waals surface area (Å²) in [6.07, 6.45) is 0. The smallest absolute Gasteiger partial charge is 0.300 e. The Bertz CT molecular complexity index is 731. The van der Waals surface area contributed by atoms with E-state index in [1.807, 2.05) is 32.9 Å². The number of carbonyl (C=O) groups is 1. The van der Waals surface area contributed by atoms with E-state index < -0.39 is 12.9 Å². The lowest BCUT2D eigenvalue weighted by Crippen LogP contribution is -2.18. The molecule has 5 heteroatoms. The van der Waals surface area contributed by atoms with E-state index in [9.17, 15) is 9.36 Å². The zero-order valence-corrected chi connectivity index (χ0v) is 14.5. The Labute approximate surface area is 151 Å². The second-order valence-electron chi connectivity index (χ2n) is 5.52. The third-order valence-corrected chi connectivity index (χ3v) is 5.90. The van der Waals surface area contributed by atoms with Crippen LogP contribution in [0.3, 0.4) is 0 Å². The van der Waals surface area contributed by atoms with Crippen molar-refractivity contribution in [3.8, 4) is 0 Å². The van der Waals surface area contributed by atoms with Gasteiger partial charge in [-0.2, -0.15) is 0 Å². The van der Waals surface area contributed by atoms with E-state index in [1.54, 1.807) is 30.3 Å². The monoisotopic (exact) mass is 364 g/mol. The number of hydrogen-bond acceptors (Lipinski definition) is 4. The second kappa shape index (κ2) is 9.67. The molecular formula is C20H29O4P. The van der Waals surface area contributed by atoms with Crippen LogP contribution in [0.1, 0.15) is 41.9 Å². The van der Waals surface area contributed by atoms with Gasteiger partial charge in [0, 0.05) is 10.9 Å². The van der Waals surface area contributed by atoms with Crippen molar-refractivity contribution in [1.82, 2.24) is 0 Å². The Kier molecular flexibility index (Phi) is 8.99. The first-order valence-electron chi connectivity index (χ1n) is 7.44. The first-order valence-corrected chi connectivity index (χ1v) is 9.06. The summed E-state index contributed by atoms with van der Waals surface area (Å²) < 4.78 is 18.8. The highest BCUT2D eigenvalue weighted by Gasteiger charge is 2.37. The molecule has 0 aliphatic heterocycles. The van der Waals surface area contributed by atoms with Crippen molar-refractivity contribution in [3.05, 3.63) is 64.7 Å². The van der Waals surface area contributed by atoms with Crippen molar-refractivity contribution in [1.29, 1.82) is 0 Å². The molecule has 1 unspecified atom stereocenters. The predicted molar refractivity (Wildman–Crippen MR) is 105 cm³/mol. The number of carbonyl (C=O) groups excluding carboxylic acids is 1. The highest BCUT2D eigenvalue weighted by atomic mass is 31.2. The van der Waals surface area contributed by atoms with Gasteiger partial charge in [-0.3, -0.25) is 9.36 Å². The minimum atomic E-state index is -3.77. The van der Waals surface area contributed by atoms with Gasteiger partial charge in [0.25, 0.3) is 5.52 Å². The topological polar surface area (TPSA) is 63.6 Å². The van der Waals surface area contributed by atoms with Crippen LogP contribution in [0, 0.1) is 20.8 Å². The molecule has 0 fully saturated rings. The lowest BCUT2D eigenvalue weighted by molar-refractivity contribution is 0.104. The molecule has 1 atom stereocenters. The Morgan fingerprint density at radius 1 is 1.04 bits per heavy atom. The minimum Gasteiger partial charge on any atom is -0.394 e. The van der Waals surface area contributed by atoms with Crippen LogP contribution in [-0.2, 0) is 9.09 Å². The zero-order chi connectivity index (χ0) is 17.0. The number of benzene rings is 2. The maximum Gasteiger partial charge on any atom is 0.300 e. The van der Waals surface area contributed by atoms with E-state index in [2.05, 4.69) is 0 Å². The summed E-state index contributed by atoms with van der Waals surface area (Å²) in [5.74, 6) is 0. The number of aliphatic hydroxyl groups is 1. The molecule has 0 spiro atoms. The largest absolute Gasteiger partial charge is 0.394 e. The Balaban J connectivity index is 0.00000288. The van der Waals surface area contributed by atoms with Gasteiger partial charge in [0.2, 0.25) is 0 Å². The van der Waals surface area contributed by atoms with Gasteiger partial charge in [-0.25, -0.2) is 0 Å². The molecule has 0 saturated carbocycles. The van der Waals surface area contributed by atoms with Gasteiger partial charge in [-0.15, -0.1) is 0 Å². The van der Waals surface area contributed by atoms with Crippen LogP contribution < -0.4 is 5.30 Å². The van der Waals surface area contributed by atoms with Gasteiger partial charge < -0.3 is 9.63 Å². The third kappa shape index (κ3) is 4.88. The van der Waals surface area contributed by atoms with E-state index in [4.69, 9.17) is 9.63 Å². The van der Waals surface area contributed by atoms with Crippen molar-refractivity contribution >= 4 is 18.2 Å². The van der Waals surface area contributed by atoms with Gasteiger partial charge in [-0.1, -0.05) is 50.7 Å². The van der Waals surface area contributed by atoms with Crippen LogP contribution in [0.2, 0.25) is 0 Å². The van der Waals surface area contributed by atoms with Crippen molar-refractivity contribution in [2.24, 2.45) is 0 Å². The van der Waals surface area contributed by atoms with Gasteiger partial charge in [0.05, 0.1) is 13.2 Å². The summed E-state index contributed by atoms with van der Waals surface area (Å²) in [7, 11) is -3.77. The van der Waals surface area contributed by atoms with Crippen molar-refractivity contribution < 1.29 is 19.0 Å². The van der Waals surface area contributed by atoms with Crippen LogP contribution in [-0.4, -0.2) is 23.8 Å². The van der Waals surface area contributed by atoms with Crippen molar-refractivity contribution in [3.63, 3.8) is 0 Å². The Morgan fingerprint density at radius 3 is 2.04 bits per heavy atom. The number of aliphatic hydroxyl groups excluding tert-OH is 1. The lowest BCUT2D eigenvalue weighted by atomic mass is 10.0. The molecule has 138 valence electrons. The highest BCUT2D eigenvalue weighted by molar-refractivity contribution is 7.83. The Morgan fingerprint density at radius 2 is 1.56 bits per heavy atom. The quantitative estimate of drug-likeness (QED) is 0.759. The van der Waals surface area contributed by atoms with Crippen molar-refractivity contribution in [2.45, 2.75) is 35.6 Å². The van der Waals surface area contributed by atoms with E-state index in [-0.39, 0.29) is 28.1 Å². The van der Waals surface area contributed by atoms with Crippen LogP contribution in [0.25, 0.3) is 0 Å². The van der Waals surface area contributed by atoms with Crippen LogP contribution >= 0.6 is 7.37 Å². The number of rotatable bonds is 6. The molecule has 0 bridgehead atoms. The fraction of sp³-hybridized carbons (Fsp3) is 0.350. The normalized spacial score (nSPS) is 12.5. The maximum absolute atomic E-state index is 13.4. The summed E-state index contributed by atoms with van der Waals surface area (Å²) in [5.41, 5.74) is 2.50.